The quantitative estimate of drug-likeness (QED) is 0.756. The van der Waals surface area contributed by atoms with E-state index >= 15 is 0 Å². The second kappa shape index (κ2) is 10.1. The van der Waals surface area contributed by atoms with Crippen molar-refractivity contribution < 1.29 is 9.59 Å². The highest BCUT2D eigenvalue weighted by atomic mass is 16.2. The van der Waals surface area contributed by atoms with Crippen molar-refractivity contribution in [3.8, 4) is 0 Å². The molecule has 0 radical (unpaired) electrons. The van der Waals surface area contributed by atoms with E-state index in [1.807, 2.05) is 18.2 Å². The largest absolute Gasteiger partial charge is 0.369 e. The highest BCUT2D eigenvalue weighted by molar-refractivity contribution is 5.95. The Labute approximate surface area is 161 Å². The van der Waals surface area contributed by atoms with Gasteiger partial charge in [0.1, 0.15) is 0 Å². The highest BCUT2D eigenvalue weighted by Gasteiger charge is 2.19. The standard InChI is InChI=1S/C21H30N4O2/c26-20(23-21(27)22-12-11-18-7-3-1-4-8-18)17-24-13-15-25(16-14-24)19-9-5-2-6-10-19/h2,5-7,9-10H,1,3-4,8,11-17H2,(H2,22,23,26,27). The number of urea groups is 1. The van der Waals surface area contributed by atoms with Gasteiger partial charge in [-0.25, -0.2) is 4.79 Å². The summed E-state index contributed by atoms with van der Waals surface area (Å²) >= 11 is 0. The van der Waals surface area contributed by atoms with Crippen molar-refractivity contribution in [3.63, 3.8) is 0 Å². The lowest BCUT2D eigenvalue weighted by Gasteiger charge is -2.35. The van der Waals surface area contributed by atoms with Crippen molar-refractivity contribution in [2.24, 2.45) is 0 Å². The predicted molar refractivity (Wildman–Crippen MR) is 108 cm³/mol. The number of imide groups is 1. The van der Waals surface area contributed by atoms with Crippen molar-refractivity contribution in [1.82, 2.24) is 15.5 Å². The van der Waals surface area contributed by atoms with Crippen LogP contribution in [-0.2, 0) is 4.79 Å². The van der Waals surface area contributed by atoms with Gasteiger partial charge in [0.2, 0.25) is 5.91 Å². The number of rotatable bonds is 6. The number of piperazine rings is 1. The highest BCUT2D eigenvalue weighted by Crippen LogP contribution is 2.19. The molecule has 0 unspecified atom stereocenters. The van der Waals surface area contributed by atoms with Gasteiger partial charge in [0.15, 0.2) is 0 Å². The zero-order chi connectivity index (χ0) is 18.9. The third-order valence-corrected chi connectivity index (χ3v) is 5.23. The molecule has 0 saturated carbocycles. The number of nitrogens with zero attached hydrogens (tertiary/aromatic N) is 2. The van der Waals surface area contributed by atoms with E-state index in [1.165, 1.54) is 24.1 Å². The second-order valence-corrected chi connectivity index (χ2v) is 7.26. The summed E-state index contributed by atoms with van der Waals surface area (Å²) in [4.78, 5) is 28.4. The van der Waals surface area contributed by atoms with Gasteiger partial charge in [-0.3, -0.25) is 15.0 Å². The fourth-order valence-electron chi connectivity index (χ4n) is 3.68. The molecule has 6 heteroatoms. The zero-order valence-electron chi connectivity index (χ0n) is 16.0. The van der Waals surface area contributed by atoms with Crippen LogP contribution < -0.4 is 15.5 Å². The third kappa shape index (κ3) is 6.40. The number of hydrogen-bond donors (Lipinski definition) is 2. The summed E-state index contributed by atoms with van der Waals surface area (Å²) in [6.07, 6.45) is 7.96. The van der Waals surface area contributed by atoms with E-state index in [0.717, 1.165) is 45.4 Å². The molecular formula is C21H30N4O2. The summed E-state index contributed by atoms with van der Waals surface area (Å²) in [5.41, 5.74) is 2.64. The Kier molecular flexibility index (Phi) is 7.27. The van der Waals surface area contributed by atoms with Crippen molar-refractivity contribution in [2.75, 3.05) is 44.2 Å². The van der Waals surface area contributed by atoms with Crippen LogP contribution in [0.1, 0.15) is 32.1 Å². The average Bonchev–Trinajstić information content (AvgIpc) is 2.70. The lowest BCUT2D eigenvalue weighted by molar-refractivity contribution is -0.121. The van der Waals surface area contributed by atoms with Gasteiger partial charge < -0.3 is 10.2 Å². The predicted octanol–water partition coefficient (Wildman–Crippen LogP) is 2.52. The van der Waals surface area contributed by atoms with Gasteiger partial charge in [-0.15, -0.1) is 0 Å². The Morgan fingerprint density at radius 3 is 2.48 bits per heavy atom. The number of amides is 3. The Hall–Kier alpha value is -2.34. The minimum atomic E-state index is -0.390. The molecule has 27 heavy (non-hydrogen) atoms. The van der Waals surface area contributed by atoms with Crippen LogP contribution in [0.15, 0.2) is 42.0 Å². The molecule has 1 saturated heterocycles. The molecule has 0 atom stereocenters. The molecule has 6 nitrogen and oxygen atoms in total. The molecule has 1 fully saturated rings. The van der Waals surface area contributed by atoms with Crippen molar-refractivity contribution in [3.05, 3.63) is 42.0 Å². The molecular weight excluding hydrogens is 340 g/mol. The summed E-state index contributed by atoms with van der Waals surface area (Å²) < 4.78 is 0. The number of carbonyl (C=O) groups excluding carboxylic acids is 2. The van der Waals surface area contributed by atoms with E-state index in [2.05, 4.69) is 38.6 Å². The molecule has 2 aliphatic rings. The molecule has 3 rings (SSSR count). The zero-order valence-corrected chi connectivity index (χ0v) is 16.0. The van der Waals surface area contributed by atoms with Crippen LogP contribution in [0.3, 0.4) is 0 Å². The molecule has 1 heterocycles. The van der Waals surface area contributed by atoms with E-state index < -0.39 is 0 Å². The summed E-state index contributed by atoms with van der Waals surface area (Å²) in [5, 5.41) is 5.23. The Bertz CT molecular complexity index is 651. The smallest absolute Gasteiger partial charge is 0.321 e. The number of allylic oxidation sites excluding steroid dienone is 1. The maximum Gasteiger partial charge on any atom is 0.321 e. The van der Waals surface area contributed by atoms with Gasteiger partial charge in [-0.05, 0) is 44.2 Å². The Morgan fingerprint density at radius 1 is 1.00 bits per heavy atom. The van der Waals surface area contributed by atoms with Crippen LogP contribution in [0, 0.1) is 0 Å². The maximum absolute atomic E-state index is 12.1. The lowest BCUT2D eigenvalue weighted by Crippen LogP contribution is -2.51. The maximum atomic E-state index is 12.1. The third-order valence-electron chi connectivity index (χ3n) is 5.23. The Morgan fingerprint density at radius 2 is 1.78 bits per heavy atom. The summed E-state index contributed by atoms with van der Waals surface area (Å²) in [5.74, 6) is -0.238. The average molecular weight is 370 g/mol. The van der Waals surface area contributed by atoms with Gasteiger partial charge in [0.05, 0.1) is 6.54 Å². The van der Waals surface area contributed by atoms with Gasteiger partial charge in [0, 0.05) is 38.4 Å². The van der Waals surface area contributed by atoms with Gasteiger partial charge in [0.25, 0.3) is 0 Å². The van der Waals surface area contributed by atoms with Crippen molar-refractivity contribution in [2.45, 2.75) is 32.1 Å². The molecule has 2 N–H and O–H groups in total. The lowest BCUT2D eigenvalue weighted by atomic mass is 9.97. The van der Waals surface area contributed by atoms with Crippen LogP contribution in [0.25, 0.3) is 0 Å². The van der Waals surface area contributed by atoms with E-state index in [0.29, 0.717) is 6.54 Å². The first-order valence-corrected chi connectivity index (χ1v) is 9.98. The number of carbonyl (C=O) groups is 2. The Balaban J connectivity index is 1.31. The second-order valence-electron chi connectivity index (χ2n) is 7.26. The molecule has 1 aliphatic heterocycles. The fraction of sp³-hybridized carbons (Fsp3) is 0.524. The van der Waals surface area contributed by atoms with Gasteiger partial charge in [-0.2, -0.15) is 0 Å². The van der Waals surface area contributed by atoms with E-state index in [4.69, 9.17) is 0 Å². The van der Waals surface area contributed by atoms with E-state index in [1.54, 1.807) is 0 Å². The van der Waals surface area contributed by atoms with Crippen LogP contribution in [0.5, 0.6) is 0 Å². The SMILES string of the molecule is O=C(CN1CCN(c2ccccc2)CC1)NC(=O)NCCC1=CCCCC1. The van der Waals surface area contributed by atoms with Crippen LogP contribution in [-0.4, -0.2) is 56.1 Å². The monoisotopic (exact) mass is 370 g/mol. The molecule has 3 amide bonds. The minimum Gasteiger partial charge on any atom is -0.369 e. The van der Waals surface area contributed by atoms with Crippen LogP contribution in [0.2, 0.25) is 0 Å². The molecule has 1 aliphatic carbocycles. The van der Waals surface area contributed by atoms with Gasteiger partial charge >= 0.3 is 6.03 Å². The molecule has 0 aromatic heterocycles. The topological polar surface area (TPSA) is 64.7 Å². The molecule has 0 spiro atoms. The van der Waals surface area contributed by atoms with E-state index in [-0.39, 0.29) is 18.5 Å². The number of para-hydroxylation sites is 1. The first-order valence-electron chi connectivity index (χ1n) is 9.98. The number of hydrogen-bond acceptors (Lipinski definition) is 4. The molecule has 1 aromatic rings. The van der Waals surface area contributed by atoms with Crippen LogP contribution >= 0.6 is 0 Å². The summed E-state index contributed by atoms with van der Waals surface area (Å²) in [7, 11) is 0. The van der Waals surface area contributed by atoms with E-state index in [9.17, 15) is 9.59 Å². The molecule has 146 valence electrons. The number of anilines is 1. The summed E-state index contributed by atoms with van der Waals surface area (Å²) in [6.45, 7) is 4.26. The number of nitrogens with one attached hydrogen (secondary N) is 2. The first kappa shape index (κ1) is 19.4. The first-order chi connectivity index (χ1) is 13.2. The minimum absolute atomic E-state index is 0.238. The molecule has 1 aromatic carbocycles. The summed E-state index contributed by atoms with van der Waals surface area (Å²) in [6, 6.07) is 9.92. The normalized spacial score (nSPS) is 17.9. The van der Waals surface area contributed by atoms with Gasteiger partial charge in [-0.1, -0.05) is 29.8 Å². The van der Waals surface area contributed by atoms with Crippen LogP contribution in [0.4, 0.5) is 10.5 Å². The fourth-order valence-corrected chi connectivity index (χ4v) is 3.68. The van der Waals surface area contributed by atoms with Crippen molar-refractivity contribution in [1.29, 1.82) is 0 Å². The van der Waals surface area contributed by atoms with Crippen molar-refractivity contribution >= 4 is 17.6 Å². The number of benzene rings is 1. The molecule has 0 bridgehead atoms.